The summed E-state index contributed by atoms with van der Waals surface area (Å²) in [6.07, 6.45) is 0.102. The fourth-order valence-electron chi connectivity index (χ4n) is 2.95. The summed E-state index contributed by atoms with van der Waals surface area (Å²) in [6.45, 7) is 4.82. The van der Waals surface area contributed by atoms with Crippen LogP contribution in [0.2, 0.25) is 0 Å². The third-order valence-corrected chi connectivity index (χ3v) is 4.16. The van der Waals surface area contributed by atoms with Crippen molar-refractivity contribution in [3.8, 4) is 28.5 Å². The molecule has 3 aromatic rings. The smallest absolute Gasteiger partial charge is 0.231 e. The molecule has 28 heavy (non-hydrogen) atoms. The Labute approximate surface area is 163 Å². The molecule has 0 radical (unpaired) electrons. The zero-order valence-electron chi connectivity index (χ0n) is 15.8. The van der Waals surface area contributed by atoms with Crippen LogP contribution in [0.5, 0.6) is 17.2 Å². The number of hydrogen-bond acceptors (Lipinski definition) is 7. The molecule has 0 amide bonds. The Kier molecular flexibility index (Phi) is 4.89. The van der Waals surface area contributed by atoms with Gasteiger partial charge in [-0.2, -0.15) is 4.98 Å². The van der Waals surface area contributed by atoms with Gasteiger partial charge in [0, 0.05) is 18.2 Å². The van der Waals surface area contributed by atoms with Crippen LogP contribution in [0.3, 0.4) is 0 Å². The molecule has 0 unspecified atom stereocenters. The van der Waals surface area contributed by atoms with E-state index in [0.717, 1.165) is 34.1 Å². The SMILES string of the molecule is CC(C)Oc1cccc(-c2cc(NCc3ccc4c(c3)OCO4)nc(N)n2)c1. The Morgan fingerprint density at radius 1 is 1.07 bits per heavy atom. The first-order valence-electron chi connectivity index (χ1n) is 9.11. The fourth-order valence-corrected chi connectivity index (χ4v) is 2.95. The lowest BCUT2D eigenvalue weighted by atomic mass is 10.1. The van der Waals surface area contributed by atoms with E-state index in [1.54, 1.807) is 0 Å². The summed E-state index contributed by atoms with van der Waals surface area (Å²) in [7, 11) is 0. The van der Waals surface area contributed by atoms with Gasteiger partial charge in [-0.1, -0.05) is 18.2 Å². The maximum absolute atomic E-state index is 5.93. The van der Waals surface area contributed by atoms with Crippen LogP contribution in [-0.2, 0) is 6.54 Å². The Morgan fingerprint density at radius 3 is 2.79 bits per heavy atom. The molecule has 1 aromatic heterocycles. The van der Waals surface area contributed by atoms with Crippen LogP contribution in [0.4, 0.5) is 11.8 Å². The number of fused-ring (bicyclic) bond motifs is 1. The summed E-state index contributed by atoms with van der Waals surface area (Å²) in [5.41, 5.74) is 8.63. The van der Waals surface area contributed by atoms with E-state index < -0.39 is 0 Å². The minimum Gasteiger partial charge on any atom is -0.491 e. The number of anilines is 2. The highest BCUT2D eigenvalue weighted by Crippen LogP contribution is 2.32. The number of aromatic nitrogens is 2. The Bertz CT molecular complexity index is 991. The van der Waals surface area contributed by atoms with Gasteiger partial charge in [0.05, 0.1) is 11.8 Å². The minimum atomic E-state index is 0.102. The van der Waals surface area contributed by atoms with Crippen molar-refractivity contribution in [1.82, 2.24) is 9.97 Å². The van der Waals surface area contributed by atoms with Crippen LogP contribution < -0.4 is 25.3 Å². The van der Waals surface area contributed by atoms with E-state index in [-0.39, 0.29) is 18.8 Å². The van der Waals surface area contributed by atoms with Gasteiger partial charge >= 0.3 is 0 Å². The van der Waals surface area contributed by atoms with Crippen LogP contribution in [-0.4, -0.2) is 22.9 Å². The zero-order valence-corrected chi connectivity index (χ0v) is 15.8. The molecule has 4 rings (SSSR count). The maximum atomic E-state index is 5.93. The summed E-state index contributed by atoms with van der Waals surface area (Å²) >= 11 is 0. The van der Waals surface area contributed by atoms with E-state index in [9.17, 15) is 0 Å². The fraction of sp³-hybridized carbons (Fsp3) is 0.238. The number of nitrogens with two attached hydrogens (primary N) is 1. The molecule has 3 N–H and O–H groups in total. The highest BCUT2D eigenvalue weighted by Gasteiger charge is 2.13. The van der Waals surface area contributed by atoms with Crippen molar-refractivity contribution in [3.63, 3.8) is 0 Å². The third kappa shape index (κ3) is 4.09. The van der Waals surface area contributed by atoms with Gasteiger partial charge in [0.25, 0.3) is 0 Å². The lowest BCUT2D eigenvalue weighted by Crippen LogP contribution is -2.06. The van der Waals surface area contributed by atoms with Crippen molar-refractivity contribution >= 4 is 11.8 Å². The average Bonchev–Trinajstić information content (AvgIpc) is 3.13. The van der Waals surface area contributed by atoms with Gasteiger partial charge in [-0.05, 0) is 43.7 Å². The molecule has 0 spiro atoms. The Balaban J connectivity index is 1.52. The second-order valence-corrected chi connectivity index (χ2v) is 6.73. The van der Waals surface area contributed by atoms with Crippen LogP contribution >= 0.6 is 0 Å². The van der Waals surface area contributed by atoms with Gasteiger partial charge in [0.2, 0.25) is 12.7 Å². The quantitative estimate of drug-likeness (QED) is 0.673. The summed E-state index contributed by atoms with van der Waals surface area (Å²) < 4.78 is 16.5. The lowest BCUT2D eigenvalue weighted by Gasteiger charge is -2.12. The zero-order chi connectivity index (χ0) is 19.5. The molecule has 1 aliphatic heterocycles. The molecule has 144 valence electrons. The van der Waals surface area contributed by atoms with Crippen LogP contribution in [0.1, 0.15) is 19.4 Å². The van der Waals surface area contributed by atoms with E-state index in [1.807, 2.05) is 62.4 Å². The Morgan fingerprint density at radius 2 is 1.93 bits per heavy atom. The molecule has 2 aromatic carbocycles. The van der Waals surface area contributed by atoms with Crippen LogP contribution in [0, 0.1) is 0 Å². The molecule has 2 heterocycles. The van der Waals surface area contributed by atoms with Gasteiger partial charge < -0.3 is 25.3 Å². The monoisotopic (exact) mass is 378 g/mol. The predicted molar refractivity (Wildman–Crippen MR) is 108 cm³/mol. The van der Waals surface area contributed by atoms with Crippen molar-refractivity contribution in [2.75, 3.05) is 17.8 Å². The van der Waals surface area contributed by atoms with Crippen molar-refractivity contribution in [1.29, 1.82) is 0 Å². The number of hydrogen-bond donors (Lipinski definition) is 2. The highest BCUT2D eigenvalue weighted by atomic mass is 16.7. The number of nitrogens with one attached hydrogen (secondary N) is 1. The largest absolute Gasteiger partial charge is 0.491 e. The summed E-state index contributed by atoms with van der Waals surface area (Å²) in [4.78, 5) is 8.65. The van der Waals surface area contributed by atoms with Gasteiger partial charge in [0.15, 0.2) is 11.5 Å². The topological polar surface area (TPSA) is 91.5 Å². The molecular weight excluding hydrogens is 356 g/mol. The van der Waals surface area contributed by atoms with Gasteiger partial charge in [-0.15, -0.1) is 0 Å². The molecule has 0 atom stereocenters. The number of rotatable bonds is 6. The van der Waals surface area contributed by atoms with E-state index in [0.29, 0.717) is 12.4 Å². The second-order valence-electron chi connectivity index (χ2n) is 6.73. The molecule has 7 nitrogen and oxygen atoms in total. The molecule has 0 saturated heterocycles. The minimum absolute atomic E-state index is 0.102. The molecule has 7 heteroatoms. The van der Waals surface area contributed by atoms with Crippen LogP contribution in [0.15, 0.2) is 48.5 Å². The first kappa shape index (κ1) is 17.9. The van der Waals surface area contributed by atoms with Gasteiger partial charge in [-0.25, -0.2) is 4.98 Å². The second kappa shape index (κ2) is 7.64. The van der Waals surface area contributed by atoms with Gasteiger partial charge in [0.1, 0.15) is 11.6 Å². The van der Waals surface area contributed by atoms with E-state index >= 15 is 0 Å². The van der Waals surface area contributed by atoms with Crippen molar-refractivity contribution in [3.05, 3.63) is 54.1 Å². The average molecular weight is 378 g/mol. The number of benzene rings is 2. The van der Waals surface area contributed by atoms with E-state index in [1.165, 1.54) is 0 Å². The lowest BCUT2D eigenvalue weighted by molar-refractivity contribution is 0.174. The van der Waals surface area contributed by atoms with Crippen LogP contribution in [0.25, 0.3) is 11.3 Å². The summed E-state index contributed by atoms with van der Waals surface area (Å²) in [6, 6.07) is 15.5. The third-order valence-electron chi connectivity index (χ3n) is 4.16. The molecule has 0 aliphatic carbocycles. The first-order valence-corrected chi connectivity index (χ1v) is 9.11. The molecule has 1 aliphatic rings. The Hall–Kier alpha value is -3.48. The van der Waals surface area contributed by atoms with Crippen molar-refractivity contribution in [2.45, 2.75) is 26.5 Å². The van der Waals surface area contributed by atoms with Crippen molar-refractivity contribution < 1.29 is 14.2 Å². The molecule has 0 saturated carbocycles. The number of nitrogen functional groups attached to an aromatic ring is 1. The highest BCUT2D eigenvalue weighted by molar-refractivity contribution is 5.65. The van der Waals surface area contributed by atoms with E-state index in [2.05, 4.69) is 15.3 Å². The normalized spacial score (nSPS) is 12.2. The molecule has 0 fully saturated rings. The van der Waals surface area contributed by atoms with Crippen molar-refractivity contribution in [2.24, 2.45) is 0 Å². The summed E-state index contributed by atoms with van der Waals surface area (Å²) in [5.74, 6) is 3.17. The standard InChI is InChI=1S/C21H22N4O3/c1-13(2)28-16-5-3-4-15(9-16)17-10-20(25-21(22)24-17)23-11-14-6-7-18-19(8-14)27-12-26-18/h3-10,13H,11-12H2,1-2H3,(H3,22,23,24,25). The molecular formula is C21H22N4O3. The first-order chi connectivity index (χ1) is 13.6. The molecule has 0 bridgehead atoms. The van der Waals surface area contributed by atoms with Gasteiger partial charge in [-0.3, -0.25) is 0 Å². The number of ether oxygens (including phenoxy) is 3. The number of nitrogens with zero attached hydrogens (tertiary/aromatic N) is 2. The predicted octanol–water partition coefficient (Wildman–Crippen LogP) is 3.85. The summed E-state index contributed by atoms with van der Waals surface area (Å²) in [5, 5.41) is 3.29. The maximum Gasteiger partial charge on any atom is 0.231 e. The van der Waals surface area contributed by atoms with E-state index in [4.69, 9.17) is 19.9 Å².